The van der Waals surface area contributed by atoms with Gasteiger partial charge in [-0.05, 0) is 29.8 Å². The van der Waals surface area contributed by atoms with E-state index in [1.807, 2.05) is 0 Å². The van der Waals surface area contributed by atoms with Crippen LogP contribution in [0.2, 0.25) is 10.0 Å². The third-order valence-corrected chi connectivity index (χ3v) is 3.41. The van der Waals surface area contributed by atoms with Gasteiger partial charge >= 0.3 is 6.18 Å². The Balaban J connectivity index is 2.10. The predicted molar refractivity (Wildman–Crippen MR) is 79.6 cm³/mol. The first-order chi connectivity index (χ1) is 9.77. The van der Waals surface area contributed by atoms with Crippen molar-refractivity contribution in [3.8, 4) is 0 Å². The minimum atomic E-state index is -4.34. The minimum Gasteiger partial charge on any atom is -0.399 e. The van der Waals surface area contributed by atoms with Crippen LogP contribution in [-0.4, -0.2) is 0 Å². The Hall–Kier alpha value is -1.59. The second kappa shape index (κ2) is 6.03. The van der Waals surface area contributed by atoms with Crippen LogP contribution in [0.15, 0.2) is 36.4 Å². The maximum absolute atomic E-state index is 12.5. The number of nitrogens with two attached hydrogens (primary N) is 1. The SMILES string of the molecule is Nc1cc(Cl)c(NCc2ccc(C(F)(F)F)cc2)c(Cl)c1. The number of hydrogen-bond donors (Lipinski definition) is 2. The summed E-state index contributed by atoms with van der Waals surface area (Å²) in [5, 5.41) is 3.69. The van der Waals surface area contributed by atoms with Crippen molar-refractivity contribution in [2.45, 2.75) is 12.7 Å². The summed E-state index contributed by atoms with van der Waals surface area (Å²) in [6.45, 7) is 0.293. The Bertz CT molecular complexity index is 617. The van der Waals surface area contributed by atoms with Crippen molar-refractivity contribution < 1.29 is 13.2 Å². The topological polar surface area (TPSA) is 38.0 Å². The number of benzene rings is 2. The normalized spacial score (nSPS) is 11.5. The van der Waals surface area contributed by atoms with Crippen molar-refractivity contribution in [3.05, 3.63) is 57.6 Å². The molecule has 7 heteroatoms. The van der Waals surface area contributed by atoms with Crippen molar-refractivity contribution in [1.82, 2.24) is 0 Å². The molecular formula is C14H11Cl2F3N2. The molecule has 2 aromatic rings. The molecule has 0 aliphatic rings. The molecule has 0 aliphatic heterocycles. The van der Waals surface area contributed by atoms with Crippen molar-refractivity contribution in [1.29, 1.82) is 0 Å². The lowest BCUT2D eigenvalue weighted by atomic mass is 10.1. The molecule has 0 spiro atoms. The minimum absolute atomic E-state index is 0.293. The van der Waals surface area contributed by atoms with Gasteiger partial charge in [-0.15, -0.1) is 0 Å². The molecule has 0 fully saturated rings. The molecule has 0 atom stereocenters. The average molecular weight is 335 g/mol. The molecule has 2 aromatic carbocycles. The zero-order valence-corrected chi connectivity index (χ0v) is 12.2. The van der Waals surface area contributed by atoms with Gasteiger partial charge in [0, 0.05) is 12.2 Å². The number of halogens is 5. The molecule has 0 saturated heterocycles. The van der Waals surface area contributed by atoms with Crippen LogP contribution in [-0.2, 0) is 12.7 Å². The number of alkyl halides is 3. The highest BCUT2D eigenvalue weighted by Crippen LogP contribution is 2.33. The van der Waals surface area contributed by atoms with E-state index in [4.69, 9.17) is 28.9 Å². The Morgan fingerprint density at radius 1 is 1.00 bits per heavy atom. The fourth-order valence-electron chi connectivity index (χ4n) is 1.76. The lowest BCUT2D eigenvalue weighted by Crippen LogP contribution is -2.06. The number of nitrogen functional groups attached to an aromatic ring is 1. The van der Waals surface area contributed by atoms with Gasteiger partial charge in [-0.2, -0.15) is 13.2 Å². The quantitative estimate of drug-likeness (QED) is 0.756. The molecule has 21 heavy (non-hydrogen) atoms. The molecule has 2 nitrogen and oxygen atoms in total. The molecule has 0 radical (unpaired) electrons. The van der Waals surface area contributed by atoms with Crippen LogP contribution in [0.1, 0.15) is 11.1 Å². The zero-order chi connectivity index (χ0) is 15.6. The van der Waals surface area contributed by atoms with E-state index in [1.165, 1.54) is 12.1 Å². The monoisotopic (exact) mass is 334 g/mol. The van der Waals surface area contributed by atoms with Crippen LogP contribution >= 0.6 is 23.2 Å². The van der Waals surface area contributed by atoms with E-state index < -0.39 is 11.7 Å². The molecule has 0 saturated carbocycles. The van der Waals surface area contributed by atoms with Gasteiger partial charge in [-0.3, -0.25) is 0 Å². The van der Waals surface area contributed by atoms with Crippen LogP contribution in [0.3, 0.4) is 0 Å². The number of rotatable bonds is 3. The standard InChI is InChI=1S/C14H11Cl2F3N2/c15-11-5-10(20)6-12(16)13(11)21-7-8-1-3-9(4-2-8)14(17,18)19/h1-6,21H,7,20H2. The van der Waals surface area contributed by atoms with Crippen LogP contribution in [0, 0.1) is 0 Å². The molecule has 0 amide bonds. The lowest BCUT2D eigenvalue weighted by molar-refractivity contribution is -0.137. The van der Waals surface area contributed by atoms with Gasteiger partial charge in [0.25, 0.3) is 0 Å². The molecule has 0 bridgehead atoms. The van der Waals surface area contributed by atoms with Gasteiger partial charge in [0.1, 0.15) is 0 Å². The summed E-state index contributed by atoms with van der Waals surface area (Å²) >= 11 is 12.0. The summed E-state index contributed by atoms with van der Waals surface area (Å²) in [4.78, 5) is 0. The fourth-order valence-corrected chi connectivity index (χ4v) is 2.40. The van der Waals surface area contributed by atoms with Crippen molar-refractivity contribution in [2.24, 2.45) is 0 Å². The van der Waals surface area contributed by atoms with Crippen LogP contribution in [0.25, 0.3) is 0 Å². The molecule has 0 aromatic heterocycles. The van der Waals surface area contributed by atoms with E-state index in [-0.39, 0.29) is 0 Å². The molecule has 2 rings (SSSR count). The number of hydrogen-bond acceptors (Lipinski definition) is 2. The lowest BCUT2D eigenvalue weighted by Gasteiger charge is -2.12. The zero-order valence-electron chi connectivity index (χ0n) is 10.6. The molecule has 3 N–H and O–H groups in total. The molecule has 112 valence electrons. The predicted octanol–water partition coefficient (Wildman–Crippen LogP) is 5.21. The summed E-state index contributed by atoms with van der Waals surface area (Å²) in [7, 11) is 0. The maximum atomic E-state index is 12.5. The number of anilines is 2. The second-order valence-electron chi connectivity index (χ2n) is 4.41. The third kappa shape index (κ3) is 3.95. The molecular weight excluding hydrogens is 324 g/mol. The summed E-state index contributed by atoms with van der Waals surface area (Å²) in [6.07, 6.45) is -4.34. The summed E-state index contributed by atoms with van der Waals surface area (Å²) < 4.78 is 37.4. The van der Waals surface area contributed by atoms with E-state index in [1.54, 1.807) is 12.1 Å². The van der Waals surface area contributed by atoms with Gasteiger partial charge in [0.2, 0.25) is 0 Å². The van der Waals surface area contributed by atoms with Gasteiger partial charge in [-0.25, -0.2) is 0 Å². The first-order valence-electron chi connectivity index (χ1n) is 5.92. The second-order valence-corrected chi connectivity index (χ2v) is 5.22. The summed E-state index contributed by atoms with van der Waals surface area (Å²) in [6, 6.07) is 7.95. The largest absolute Gasteiger partial charge is 0.416 e. The van der Waals surface area contributed by atoms with E-state index in [9.17, 15) is 13.2 Å². The Labute approximate surface area is 129 Å². The maximum Gasteiger partial charge on any atom is 0.416 e. The highest BCUT2D eigenvalue weighted by molar-refractivity contribution is 6.39. The van der Waals surface area contributed by atoms with Gasteiger partial charge in [-0.1, -0.05) is 35.3 Å². The van der Waals surface area contributed by atoms with E-state index in [2.05, 4.69) is 5.32 Å². The highest BCUT2D eigenvalue weighted by Gasteiger charge is 2.29. The Kier molecular flexibility index (Phi) is 4.54. The summed E-state index contributed by atoms with van der Waals surface area (Å²) in [5.41, 5.74) is 6.51. The van der Waals surface area contributed by atoms with Gasteiger partial charge < -0.3 is 11.1 Å². The van der Waals surface area contributed by atoms with Crippen LogP contribution in [0.5, 0.6) is 0 Å². The van der Waals surface area contributed by atoms with Crippen molar-refractivity contribution >= 4 is 34.6 Å². The highest BCUT2D eigenvalue weighted by atomic mass is 35.5. The Morgan fingerprint density at radius 2 is 1.52 bits per heavy atom. The fraction of sp³-hybridized carbons (Fsp3) is 0.143. The number of nitrogens with one attached hydrogen (secondary N) is 1. The van der Waals surface area contributed by atoms with E-state index in [0.717, 1.165) is 12.1 Å². The smallest absolute Gasteiger partial charge is 0.399 e. The van der Waals surface area contributed by atoms with Crippen LogP contribution in [0.4, 0.5) is 24.5 Å². The van der Waals surface area contributed by atoms with Crippen molar-refractivity contribution in [2.75, 3.05) is 11.1 Å². The van der Waals surface area contributed by atoms with Crippen LogP contribution < -0.4 is 11.1 Å². The third-order valence-electron chi connectivity index (χ3n) is 2.81. The molecule has 0 heterocycles. The van der Waals surface area contributed by atoms with Gasteiger partial charge in [0.05, 0.1) is 21.3 Å². The Morgan fingerprint density at radius 3 is 2.00 bits per heavy atom. The van der Waals surface area contributed by atoms with Gasteiger partial charge in [0.15, 0.2) is 0 Å². The van der Waals surface area contributed by atoms with E-state index in [0.29, 0.717) is 33.5 Å². The first-order valence-corrected chi connectivity index (χ1v) is 6.67. The van der Waals surface area contributed by atoms with E-state index >= 15 is 0 Å². The molecule has 0 aliphatic carbocycles. The first kappa shape index (κ1) is 15.8. The average Bonchev–Trinajstić information content (AvgIpc) is 2.37. The molecule has 0 unspecified atom stereocenters. The van der Waals surface area contributed by atoms with Crippen molar-refractivity contribution in [3.63, 3.8) is 0 Å². The summed E-state index contributed by atoms with van der Waals surface area (Å²) in [5.74, 6) is 0.